The van der Waals surface area contributed by atoms with Gasteiger partial charge in [-0.25, -0.2) is 14.6 Å². The molecule has 0 aliphatic carbocycles. The minimum Gasteiger partial charge on any atom is -0.460 e. The number of benzene rings is 1. The van der Waals surface area contributed by atoms with Crippen LogP contribution in [0.2, 0.25) is 0 Å². The minimum atomic E-state index is -0.620. The zero-order valence-corrected chi connectivity index (χ0v) is 15.3. The molecule has 0 saturated carbocycles. The monoisotopic (exact) mass is 356 g/mol. The number of ether oxygens (including phenoxy) is 1. The summed E-state index contributed by atoms with van der Waals surface area (Å²) in [4.78, 5) is 29.1. The summed E-state index contributed by atoms with van der Waals surface area (Å²) in [7, 11) is 0. The third kappa shape index (κ3) is 3.47. The lowest BCUT2D eigenvalue weighted by atomic mass is 10.1. The molecule has 0 amide bonds. The Labute approximate surface area is 151 Å². The third-order valence-corrected chi connectivity index (χ3v) is 4.40. The van der Waals surface area contributed by atoms with Gasteiger partial charge >= 0.3 is 11.7 Å². The van der Waals surface area contributed by atoms with Crippen molar-refractivity contribution in [1.29, 1.82) is 0 Å². The lowest BCUT2D eigenvalue weighted by molar-refractivity contribution is 0.0512. The Bertz CT molecular complexity index is 974. The van der Waals surface area contributed by atoms with Gasteiger partial charge in [0.15, 0.2) is 5.65 Å². The van der Waals surface area contributed by atoms with E-state index >= 15 is 0 Å². The fourth-order valence-corrected chi connectivity index (χ4v) is 3.11. The van der Waals surface area contributed by atoms with Gasteiger partial charge in [-0.3, -0.25) is 4.57 Å². The normalized spacial score (nSPS) is 11.3. The van der Waals surface area contributed by atoms with Gasteiger partial charge in [0.1, 0.15) is 0 Å². The second kappa shape index (κ2) is 8.12. The molecule has 0 saturated heterocycles. The van der Waals surface area contributed by atoms with Crippen LogP contribution in [0.15, 0.2) is 29.1 Å². The van der Waals surface area contributed by atoms with Gasteiger partial charge < -0.3 is 4.74 Å². The molecule has 0 bridgehead atoms. The minimum absolute atomic E-state index is 0.0881. The molecule has 1 aromatic carbocycles. The first-order valence-electron chi connectivity index (χ1n) is 9.22. The van der Waals surface area contributed by atoms with E-state index in [-0.39, 0.29) is 18.1 Å². The molecule has 0 N–H and O–H groups in total. The van der Waals surface area contributed by atoms with E-state index in [1.807, 2.05) is 24.3 Å². The van der Waals surface area contributed by atoms with Gasteiger partial charge in [-0.05, 0) is 25.5 Å². The van der Waals surface area contributed by atoms with Crippen molar-refractivity contribution in [3.8, 4) is 0 Å². The number of nitrogens with zero attached hydrogens (tertiary/aromatic N) is 4. The Balaban J connectivity index is 2.04. The zero-order valence-electron chi connectivity index (χ0n) is 15.3. The molecular weight excluding hydrogens is 332 g/mol. The molecule has 3 aromatic rings. The molecule has 0 aliphatic heterocycles. The fourth-order valence-electron chi connectivity index (χ4n) is 3.11. The number of esters is 1. The van der Waals surface area contributed by atoms with E-state index in [2.05, 4.69) is 17.0 Å². The molecule has 2 aromatic heterocycles. The summed E-state index contributed by atoms with van der Waals surface area (Å²) >= 11 is 0. The fraction of sp³-hybridized carbons (Fsp3) is 0.474. The Hall–Kier alpha value is -2.70. The van der Waals surface area contributed by atoms with Crippen LogP contribution in [0.4, 0.5) is 0 Å². The molecule has 138 valence electrons. The van der Waals surface area contributed by atoms with E-state index in [0.29, 0.717) is 12.2 Å². The number of aromatic nitrogens is 4. The van der Waals surface area contributed by atoms with Crippen molar-refractivity contribution < 1.29 is 9.53 Å². The number of fused-ring (bicyclic) bond motifs is 3. The summed E-state index contributed by atoms with van der Waals surface area (Å²) in [5.41, 5.74) is 0.913. The van der Waals surface area contributed by atoms with Crippen LogP contribution < -0.4 is 5.69 Å². The highest BCUT2D eigenvalue weighted by atomic mass is 16.5. The maximum Gasteiger partial charge on any atom is 0.378 e. The molecule has 0 atom stereocenters. The largest absolute Gasteiger partial charge is 0.460 e. The maximum atomic E-state index is 12.9. The molecule has 7 nitrogen and oxygen atoms in total. The highest BCUT2D eigenvalue weighted by molar-refractivity contribution is 5.93. The Morgan fingerprint density at radius 2 is 1.88 bits per heavy atom. The van der Waals surface area contributed by atoms with Crippen molar-refractivity contribution in [3.05, 3.63) is 40.6 Å². The summed E-state index contributed by atoms with van der Waals surface area (Å²) in [6.45, 7) is 4.75. The van der Waals surface area contributed by atoms with Crippen LogP contribution in [-0.4, -0.2) is 31.7 Å². The number of hydrogen-bond donors (Lipinski definition) is 0. The topological polar surface area (TPSA) is 78.5 Å². The third-order valence-electron chi connectivity index (χ3n) is 4.40. The van der Waals surface area contributed by atoms with E-state index in [9.17, 15) is 9.59 Å². The van der Waals surface area contributed by atoms with E-state index in [1.54, 1.807) is 11.5 Å². The molecule has 0 aliphatic rings. The number of aryl methyl sites for hydroxylation is 1. The predicted octanol–water partition coefficient (Wildman–Crippen LogP) is 3.19. The quantitative estimate of drug-likeness (QED) is 0.457. The molecule has 2 heterocycles. The van der Waals surface area contributed by atoms with Crippen LogP contribution in [0, 0.1) is 0 Å². The first kappa shape index (κ1) is 18.1. The van der Waals surface area contributed by atoms with Crippen molar-refractivity contribution in [2.24, 2.45) is 0 Å². The first-order chi connectivity index (χ1) is 12.7. The first-order valence-corrected chi connectivity index (χ1v) is 9.22. The highest BCUT2D eigenvalue weighted by Crippen LogP contribution is 2.18. The molecule has 0 fully saturated rings. The number of carbonyl (C=O) groups excluding carboxylic acids is 1. The Kier molecular flexibility index (Phi) is 5.65. The van der Waals surface area contributed by atoms with Crippen molar-refractivity contribution in [2.75, 3.05) is 6.61 Å². The van der Waals surface area contributed by atoms with Crippen LogP contribution in [-0.2, 0) is 11.3 Å². The average molecular weight is 356 g/mol. The van der Waals surface area contributed by atoms with Gasteiger partial charge in [0.25, 0.3) is 5.82 Å². The van der Waals surface area contributed by atoms with E-state index in [1.165, 1.54) is 23.8 Å². The van der Waals surface area contributed by atoms with E-state index < -0.39 is 5.97 Å². The number of carbonyl (C=O) groups is 1. The average Bonchev–Trinajstić information content (AvgIpc) is 3.10. The summed E-state index contributed by atoms with van der Waals surface area (Å²) < 4.78 is 7.89. The lowest BCUT2D eigenvalue weighted by Crippen LogP contribution is -2.28. The molecular formula is C19H24N4O3. The van der Waals surface area contributed by atoms with Crippen LogP contribution in [0.5, 0.6) is 0 Å². The van der Waals surface area contributed by atoms with Gasteiger partial charge in [-0.1, -0.05) is 44.7 Å². The van der Waals surface area contributed by atoms with Gasteiger partial charge in [0.2, 0.25) is 0 Å². The van der Waals surface area contributed by atoms with Gasteiger partial charge in [0.05, 0.1) is 12.1 Å². The van der Waals surface area contributed by atoms with E-state index in [0.717, 1.165) is 23.7 Å². The highest BCUT2D eigenvalue weighted by Gasteiger charge is 2.19. The number of para-hydroxylation sites is 1. The summed E-state index contributed by atoms with van der Waals surface area (Å²) in [6, 6.07) is 7.58. The summed E-state index contributed by atoms with van der Waals surface area (Å²) in [5, 5.41) is 4.89. The Morgan fingerprint density at radius 1 is 1.12 bits per heavy atom. The standard InChI is InChI=1S/C19H24N4O3/c1-3-5-6-7-10-13-22-15-12-9-8-11-14(15)17-20-16(18(24)26-4-2)21-23(17)19(22)25/h8-9,11-12H,3-7,10,13H2,1-2H3. The molecule has 0 radical (unpaired) electrons. The lowest BCUT2D eigenvalue weighted by Gasteiger charge is -2.10. The SMILES string of the molecule is CCCCCCCn1c(=O)n2nc(C(=O)OCC)nc2c2ccccc21. The van der Waals surface area contributed by atoms with E-state index in [4.69, 9.17) is 4.74 Å². The Morgan fingerprint density at radius 3 is 2.65 bits per heavy atom. The molecule has 7 heteroatoms. The van der Waals surface area contributed by atoms with Crippen molar-refractivity contribution in [3.63, 3.8) is 0 Å². The van der Waals surface area contributed by atoms with Crippen molar-refractivity contribution in [2.45, 2.75) is 52.5 Å². The van der Waals surface area contributed by atoms with Crippen LogP contribution in [0.25, 0.3) is 16.6 Å². The van der Waals surface area contributed by atoms with Crippen LogP contribution in [0.1, 0.15) is 56.6 Å². The smallest absolute Gasteiger partial charge is 0.378 e. The predicted molar refractivity (Wildman–Crippen MR) is 99.5 cm³/mol. The van der Waals surface area contributed by atoms with Crippen molar-refractivity contribution in [1.82, 2.24) is 19.2 Å². The second-order valence-electron chi connectivity index (χ2n) is 6.26. The molecule has 0 spiro atoms. The molecule has 0 unspecified atom stereocenters. The maximum absolute atomic E-state index is 12.9. The summed E-state index contributed by atoms with van der Waals surface area (Å²) in [6.07, 6.45) is 5.57. The number of unbranched alkanes of at least 4 members (excludes halogenated alkanes) is 4. The molecule has 3 rings (SSSR count). The molecule has 26 heavy (non-hydrogen) atoms. The number of rotatable bonds is 8. The second-order valence-corrected chi connectivity index (χ2v) is 6.26. The van der Waals surface area contributed by atoms with Crippen molar-refractivity contribution >= 4 is 22.5 Å². The van der Waals surface area contributed by atoms with Crippen LogP contribution >= 0.6 is 0 Å². The zero-order chi connectivity index (χ0) is 18.5. The van der Waals surface area contributed by atoms with Gasteiger partial charge in [-0.2, -0.15) is 4.52 Å². The van der Waals surface area contributed by atoms with Crippen LogP contribution in [0.3, 0.4) is 0 Å². The number of hydrogen-bond acceptors (Lipinski definition) is 5. The summed E-state index contributed by atoms with van der Waals surface area (Å²) in [5.74, 6) is -0.708. The van der Waals surface area contributed by atoms with Gasteiger partial charge in [0, 0.05) is 11.9 Å². The van der Waals surface area contributed by atoms with Gasteiger partial charge in [-0.15, -0.1) is 5.10 Å².